The number of halogens is 3. The topological polar surface area (TPSA) is 63.0 Å². The van der Waals surface area contributed by atoms with E-state index in [1.54, 1.807) is 13.0 Å². The zero-order chi connectivity index (χ0) is 14.0. The van der Waals surface area contributed by atoms with Crippen LogP contribution < -0.4 is 16.6 Å². The zero-order valence-corrected chi connectivity index (χ0v) is 11.5. The standard InChI is InChI=1S/C12H11Cl2FN4/c1-6-2-7(15)4-8(3-6)17-11-9(13)5-10(14)12(18-11)19-16/h2-5H,16H2,1H3,(H2,17,18,19). The van der Waals surface area contributed by atoms with Crippen molar-refractivity contribution in [3.8, 4) is 0 Å². The van der Waals surface area contributed by atoms with Gasteiger partial charge >= 0.3 is 0 Å². The highest BCUT2D eigenvalue weighted by molar-refractivity contribution is 6.37. The molecule has 0 unspecified atom stereocenters. The molecule has 4 N–H and O–H groups in total. The van der Waals surface area contributed by atoms with E-state index in [0.717, 1.165) is 5.56 Å². The average molecular weight is 301 g/mol. The third-order valence-corrected chi connectivity index (χ3v) is 2.95. The summed E-state index contributed by atoms with van der Waals surface area (Å²) >= 11 is 11.9. The fraction of sp³-hybridized carbons (Fsp3) is 0.0833. The van der Waals surface area contributed by atoms with Gasteiger partial charge in [-0.15, -0.1) is 0 Å². The molecule has 1 aromatic heterocycles. The molecule has 0 atom stereocenters. The minimum Gasteiger partial charge on any atom is -0.339 e. The largest absolute Gasteiger partial charge is 0.339 e. The van der Waals surface area contributed by atoms with Gasteiger partial charge in [0, 0.05) is 5.69 Å². The van der Waals surface area contributed by atoms with Crippen molar-refractivity contribution in [2.75, 3.05) is 10.7 Å². The molecule has 0 fully saturated rings. The monoisotopic (exact) mass is 300 g/mol. The van der Waals surface area contributed by atoms with Gasteiger partial charge in [-0.1, -0.05) is 23.2 Å². The predicted octanol–water partition coefficient (Wildman–Crippen LogP) is 3.87. The van der Waals surface area contributed by atoms with Crippen LogP contribution in [0.2, 0.25) is 10.0 Å². The average Bonchev–Trinajstić information content (AvgIpc) is 2.31. The number of rotatable bonds is 3. The fourth-order valence-corrected chi connectivity index (χ4v) is 2.06. The second-order valence-electron chi connectivity index (χ2n) is 3.94. The first-order chi connectivity index (χ1) is 8.99. The Bertz CT molecular complexity index is 599. The van der Waals surface area contributed by atoms with Crippen LogP contribution in [0, 0.1) is 12.7 Å². The Hall–Kier alpha value is -1.56. The third kappa shape index (κ3) is 3.26. The normalized spacial score (nSPS) is 10.4. The molecule has 0 spiro atoms. The SMILES string of the molecule is Cc1cc(F)cc(Nc2nc(NN)c(Cl)cc2Cl)c1. The molecule has 0 aliphatic heterocycles. The van der Waals surface area contributed by atoms with Crippen LogP contribution in [-0.4, -0.2) is 4.98 Å². The van der Waals surface area contributed by atoms with Crippen molar-refractivity contribution in [3.63, 3.8) is 0 Å². The van der Waals surface area contributed by atoms with Gasteiger partial charge in [-0.05, 0) is 36.8 Å². The minimum absolute atomic E-state index is 0.279. The van der Waals surface area contributed by atoms with Crippen molar-refractivity contribution in [2.24, 2.45) is 5.84 Å². The Morgan fingerprint density at radius 1 is 1.11 bits per heavy atom. The number of anilines is 3. The molecule has 2 aromatic rings. The lowest BCUT2D eigenvalue weighted by molar-refractivity contribution is 0.627. The summed E-state index contributed by atoms with van der Waals surface area (Å²) in [5, 5.41) is 3.53. The second kappa shape index (κ2) is 5.61. The fourth-order valence-electron chi connectivity index (χ4n) is 1.60. The van der Waals surface area contributed by atoms with E-state index in [1.807, 2.05) is 0 Å². The van der Waals surface area contributed by atoms with Crippen LogP contribution in [0.25, 0.3) is 0 Å². The van der Waals surface area contributed by atoms with Crippen molar-refractivity contribution in [1.29, 1.82) is 0 Å². The minimum atomic E-state index is -0.343. The lowest BCUT2D eigenvalue weighted by Crippen LogP contribution is -2.10. The molecule has 7 heteroatoms. The number of aromatic nitrogens is 1. The number of hydrogen-bond acceptors (Lipinski definition) is 4. The van der Waals surface area contributed by atoms with E-state index in [0.29, 0.717) is 21.6 Å². The first kappa shape index (κ1) is 13.9. The van der Waals surface area contributed by atoms with Crippen LogP contribution in [0.3, 0.4) is 0 Å². The molecule has 0 saturated heterocycles. The van der Waals surface area contributed by atoms with Gasteiger partial charge in [-0.3, -0.25) is 0 Å². The van der Waals surface area contributed by atoms with Crippen molar-refractivity contribution < 1.29 is 4.39 Å². The molecule has 0 radical (unpaired) electrons. The number of nitrogens with two attached hydrogens (primary N) is 1. The van der Waals surface area contributed by atoms with Gasteiger partial charge in [0.1, 0.15) is 5.82 Å². The summed E-state index contributed by atoms with van der Waals surface area (Å²) in [5.41, 5.74) is 3.68. The van der Waals surface area contributed by atoms with E-state index in [9.17, 15) is 4.39 Å². The van der Waals surface area contributed by atoms with Gasteiger partial charge < -0.3 is 10.7 Å². The van der Waals surface area contributed by atoms with Gasteiger partial charge in [0.15, 0.2) is 11.6 Å². The molecular formula is C12H11Cl2FN4. The first-order valence-corrected chi connectivity index (χ1v) is 6.12. The van der Waals surface area contributed by atoms with Crippen LogP contribution in [0.5, 0.6) is 0 Å². The smallest absolute Gasteiger partial charge is 0.161 e. The van der Waals surface area contributed by atoms with Crippen molar-refractivity contribution in [2.45, 2.75) is 6.92 Å². The maximum absolute atomic E-state index is 13.3. The molecule has 0 amide bonds. The summed E-state index contributed by atoms with van der Waals surface area (Å²) in [7, 11) is 0. The van der Waals surface area contributed by atoms with Gasteiger partial charge in [0.2, 0.25) is 0 Å². The Kier molecular flexibility index (Phi) is 4.09. The summed E-state index contributed by atoms with van der Waals surface area (Å²) in [6.45, 7) is 1.79. The Balaban J connectivity index is 2.37. The lowest BCUT2D eigenvalue weighted by atomic mass is 10.2. The van der Waals surface area contributed by atoms with E-state index in [4.69, 9.17) is 29.0 Å². The molecule has 0 saturated carbocycles. The predicted molar refractivity (Wildman–Crippen MR) is 76.5 cm³/mol. The molecule has 0 bridgehead atoms. The number of nitrogens with one attached hydrogen (secondary N) is 2. The summed E-state index contributed by atoms with van der Waals surface area (Å²) in [5.74, 6) is 5.56. The number of nitrogens with zero attached hydrogens (tertiary/aromatic N) is 1. The lowest BCUT2D eigenvalue weighted by Gasteiger charge is -2.11. The number of hydrogen-bond donors (Lipinski definition) is 3. The van der Waals surface area contributed by atoms with Gasteiger partial charge in [0.25, 0.3) is 0 Å². The highest BCUT2D eigenvalue weighted by atomic mass is 35.5. The van der Waals surface area contributed by atoms with Gasteiger partial charge in [-0.25, -0.2) is 15.2 Å². The van der Waals surface area contributed by atoms with Crippen LogP contribution in [0.15, 0.2) is 24.3 Å². The van der Waals surface area contributed by atoms with E-state index in [-0.39, 0.29) is 11.6 Å². The molecule has 19 heavy (non-hydrogen) atoms. The van der Waals surface area contributed by atoms with Crippen molar-refractivity contribution >= 4 is 40.5 Å². The number of benzene rings is 1. The number of aryl methyl sites for hydroxylation is 1. The summed E-state index contributed by atoms with van der Waals surface area (Å²) in [6, 6.07) is 6.04. The Labute approximate surface area is 119 Å². The maximum Gasteiger partial charge on any atom is 0.161 e. The van der Waals surface area contributed by atoms with Crippen LogP contribution in [-0.2, 0) is 0 Å². The van der Waals surface area contributed by atoms with Gasteiger partial charge in [-0.2, -0.15) is 0 Å². The van der Waals surface area contributed by atoms with Crippen molar-refractivity contribution in [3.05, 3.63) is 45.7 Å². The number of pyridine rings is 1. The molecule has 1 heterocycles. The summed E-state index contributed by atoms with van der Waals surface area (Å²) in [4.78, 5) is 4.11. The molecule has 0 aliphatic carbocycles. The highest BCUT2D eigenvalue weighted by Crippen LogP contribution is 2.30. The Morgan fingerprint density at radius 3 is 2.42 bits per heavy atom. The van der Waals surface area contributed by atoms with E-state index in [2.05, 4.69) is 15.7 Å². The van der Waals surface area contributed by atoms with Gasteiger partial charge in [0.05, 0.1) is 10.0 Å². The molecule has 0 aliphatic rings. The molecule has 1 aromatic carbocycles. The van der Waals surface area contributed by atoms with E-state index in [1.165, 1.54) is 18.2 Å². The molecular weight excluding hydrogens is 290 g/mol. The quantitative estimate of drug-likeness (QED) is 0.595. The number of nitrogen functional groups attached to an aromatic ring is 1. The van der Waals surface area contributed by atoms with Crippen LogP contribution in [0.4, 0.5) is 21.7 Å². The van der Waals surface area contributed by atoms with E-state index < -0.39 is 0 Å². The van der Waals surface area contributed by atoms with Crippen LogP contribution in [0.1, 0.15) is 5.56 Å². The van der Waals surface area contributed by atoms with E-state index >= 15 is 0 Å². The summed E-state index contributed by atoms with van der Waals surface area (Å²) < 4.78 is 13.3. The van der Waals surface area contributed by atoms with Crippen LogP contribution >= 0.6 is 23.2 Å². The second-order valence-corrected chi connectivity index (χ2v) is 4.75. The molecule has 100 valence electrons. The highest BCUT2D eigenvalue weighted by Gasteiger charge is 2.09. The molecule has 4 nitrogen and oxygen atoms in total. The Morgan fingerprint density at radius 2 is 1.79 bits per heavy atom. The third-order valence-electron chi connectivity index (χ3n) is 2.37. The number of hydrazine groups is 1. The van der Waals surface area contributed by atoms with Crippen molar-refractivity contribution in [1.82, 2.24) is 4.98 Å². The molecule has 2 rings (SSSR count). The maximum atomic E-state index is 13.3. The first-order valence-electron chi connectivity index (χ1n) is 5.36. The zero-order valence-electron chi connectivity index (χ0n) is 9.97. The summed E-state index contributed by atoms with van der Waals surface area (Å²) in [6.07, 6.45) is 0.